The molecule has 1 aliphatic rings. The quantitative estimate of drug-likeness (QED) is 0.440. The number of carbonyl (C=O) groups is 2. The lowest BCUT2D eigenvalue weighted by Crippen LogP contribution is -2.45. The highest BCUT2D eigenvalue weighted by Gasteiger charge is 2.30. The second-order valence-corrected chi connectivity index (χ2v) is 2.29. The predicted octanol–water partition coefficient (Wildman–Crippen LogP) is -2.14. The van der Waals surface area contributed by atoms with Gasteiger partial charge in [-0.25, -0.2) is 0 Å². The summed E-state index contributed by atoms with van der Waals surface area (Å²) in [7, 11) is 1.66. The van der Waals surface area contributed by atoms with Crippen LogP contribution in [-0.2, 0) is 9.59 Å². The van der Waals surface area contributed by atoms with E-state index in [9.17, 15) is 9.59 Å². The Kier molecular flexibility index (Phi) is 1.58. The zero-order chi connectivity index (χ0) is 7.72. The number of likely N-dealkylation sites (N-methyl/N-ethyl adjacent to an activating group) is 1. The minimum absolute atomic E-state index is 0.161. The minimum Gasteiger partial charge on any atom is -0.367 e. The predicted molar refractivity (Wildman–Crippen MR) is 33.8 cm³/mol. The van der Waals surface area contributed by atoms with E-state index in [0.717, 1.165) is 0 Å². The third-order valence-corrected chi connectivity index (χ3v) is 1.40. The summed E-state index contributed by atoms with van der Waals surface area (Å²) < 4.78 is 0. The van der Waals surface area contributed by atoms with Crippen molar-refractivity contribution in [2.45, 2.75) is 6.17 Å². The summed E-state index contributed by atoms with van der Waals surface area (Å²) >= 11 is 0. The standard InChI is InChI=1S/C5H9N3O2/c1-8-2-3(9)7-5(8)4(6)10/h5H,2H2,1H3,(H2,6,10)(H,7,9). The van der Waals surface area contributed by atoms with Crippen LogP contribution in [-0.4, -0.2) is 36.5 Å². The van der Waals surface area contributed by atoms with Crippen molar-refractivity contribution in [2.24, 2.45) is 5.73 Å². The Balaban J connectivity index is 2.63. The third-order valence-electron chi connectivity index (χ3n) is 1.40. The maximum atomic E-state index is 10.6. The minimum atomic E-state index is -0.618. The highest BCUT2D eigenvalue weighted by atomic mass is 16.2. The Morgan fingerprint density at radius 2 is 2.50 bits per heavy atom. The Labute approximate surface area is 58.2 Å². The van der Waals surface area contributed by atoms with Gasteiger partial charge in [-0.1, -0.05) is 0 Å². The average Bonchev–Trinajstić information content (AvgIpc) is 2.10. The van der Waals surface area contributed by atoms with E-state index in [0.29, 0.717) is 0 Å². The van der Waals surface area contributed by atoms with Gasteiger partial charge in [0, 0.05) is 0 Å². The molecule has 3 N–H and O–H groups in total. The Hall–Kier alpha value is -1.10. The van der Waals surface area contributed by atoms with Crippen molar-refractivity contribution in [1.29, 1.82) is 0 Å². The lowest BCUT2D eigenvalue weighted by Gasteiger charge is -2.12. The van der Waals surface area contributed by atoms with Crippen molar-refractivity contribution in [3.63, 3.8) is 0 Å². The number of hydrogen-bond acceptors (Lipinski definition) is 3. The molecule has 1 rings (SSSR count). The van der Waals surface area contributed by atoms with Gasteiger partial charge in [0.05, 0.1) is 6.54 Å². The van der Waals surface area contributed by atoms with Gasteiger partial charge in [0.1, 0.15) is 0 Å². The second kappa shape index (κ2) is 2.26. The molecule has 0 bridgehead atoms. The molecule has 1 unspecified atom stereocenters. The SMILES string of the molecule is CN1CC(=O)NC1C(N)=O. The first-order valence-electron chi connectivity index (χ1n) is 2.90. The number of nitrogens with two attached hydrogens (primary N) is 1. The smallest absolute Gasteiger partial charge is 0.255 e. The van der Waals surface area contributed by atoms with Crippen LogP contribution in [0.3, 0.4) is 0 Å². The number of carbonyl (C=O) groups excluding carboxylic acids is 2. The van der Waals surface area contributed by atoms with Gasteiger partial charge < -0.3 is 11.1 Å². The highest BCUT2D eigenvalue weighted by Crippen LogP contribution is 1.98. The summed E-state index contributed by atoms with van der Waals surface area (Å²) in [6, 6.07) is 0. The number of hydrogen-bond donors (Lipinski definition) is 2. The van der Waals surface area contributed by atoms with E-state index in [1.165, 1.54) is 0 Å². The van der Waals surface area contributed by atoms with Gasteiger partial charge >= 0.3 is 0 Å². The van der Waals surface area contributed by atoms with Crippen LogP contribution in [0.5, 0.6) is 0 Å². The topological polar surface area (TPSA) is 75.4 Å². The summed E-state index contributed by atoms with van der Waals surface area (Å²) in [5.74, 6) is -0.681. The van der Waals surface area contributed by atoms with E-state index in [1.807, 2.05) is 0 Å². The largest absolute Gasteiger partial charge is 0.367 e. The molecule has 1 atom stereocenters. The lowest BCUT2D eigenvalue weighted by atomic mass is 10.5. The highest BCUT2D eigenvalue weighted by molar-refractivity contribution is 5.90. The molecule has 1 heterocycles. The molecule has 2 amide bonds. The first-order valence-corrected chi connectivity index (χ1v) is 2.90. The zero-order valence-corrected chi connectivity index (χ0v) is 5.63. The number of nitrogens with zero attached hydrogens (tertiary/aromatic N) is 1. The van der Waals surface area contributed by atoms with E-state index in [-0.39, 0.29) is 12.5 Å². The Bertz CT molecular complexity index is 180. The second-order valence-electron chi connectivity index (χ2n) is 2.29. The monoisotopic (exact) mass is 143 g/mol. The van der Waals surface area contributed by atoms with Crippen molar-refractivity contribution in [1.82, 2.24) is 10.2 Å². The van der Waals surface area contributed by atoms with Gasteiger partial charge in [-0.3, -0.25) is 14.5 Å². The van der Waals surface area contributed by atoms with Gasteiger partial charge in [-0.2, -0.15) is 0 Å². The van der Waals surface area contributed by atoms with E-state index in [2.05, 4.69) is 5.32 Å². The molecule has 0 aromatic rings. The van der Waals surface area contributed by atoms with Crippen LogP contribution in [0.4, 0.5) is 0 Å². The molecule has 0 saturated carbocycles. The average molecular weight is 143 g/mol. The number of amides is 2. The molecule has 5 heteroatoms. The van der Waals surface area contributed by atoms with Gasteiger partial charge in [0.25, 0.3) is 5.91 Å². The third kappa shape index (κ3) is 1.08. The molecule has 10 heavy (non-hydrogen) atoms. The summed E-state index contributed by atoms with van der Waals surface area (Å²) in [5.41, 5.74) is 4.96. The first kappa shape index (κ1) is 7.01. The van der Waals surface area contributed by atoms with Gasteiger partial charge in [-0.05, 0) is 7.05 Å². The van der Waals surface area contributed by atoms with Crippen LogP contribution in [0, 0.1) is 0 Å². The fourth-order valence-corrected chi connectivity index (χ4v) is 0.914. The van der Waals surface area contributed by atoms with Crippen LogP contribution in [0.25, 0.3) is 0 Å². The molecule has 1 saturated heterocycles. The Morgan fingerprint density at radius 1 is 1.90 bits per heavy atom. The molecule has 5 nitrogen and oxygen atoms in total. The number of nitrogens with one attached hydrogen (secondary N) is 1. The fraction of sp³-hybridized carbons (Fsp3) is 0.600. The maximum Gasteiger partial charge on any atom is 0.255 e. The molecule has 1 fully saturated rings. The van der Waals surface area contributed by atoms with Crippen molar-refractivity contribution < 1.29 is 9.59 Å². The molecule has 56 valence electrons. The van der Waals surface area contributed by atoms with Crippen molar-refractivity contribution in [3.05, 3.63) is 0 Å². The molecule has 0 aromatic heterocycles. The van der Waals surface area contributed by atoms with E-state index in [1.54, 1.807) is 11.9 Å². The summed E-state index contributed by atoms with van der Waals surface area (Å²) in [4.78, 5) is 22.7. The molecule has 0 radical (unpaired) electrons. The summed E-state index contributed by atoms with van der Waals surface area (Å²) in [6.07, 6.45) is -0.618. The van der Waals surface area contributed by atoms with Crippen molar-refractivity contribution >= 4 is 11.8 Å². The molecular weight excluding hydrogens is 134 g/mol. The molecular formula is C5H9N3O2. The number of primary amides is 1. The van der Waals surface area contributed by atoms with Crippen molar-refractivity contribution in [3.8, 4) is 0 Å². The normalized spacial score (nSPS) is 26.5. The van der Waals surface area contributed by atoms with Crippen LogP contribution in [0.15, 0.2) is 0 Å². The van der Waals surface area contributed by atoms with Crippen LogP contribution < -0.4 is 11.1 Å². The van der Waals surface area contributed by atoms with Crippen LogP contribution >= 0.6 is 0 Å². The van der Waals surface area contributed by atoms with E-state index in [4.69, 9.17) is 5.73 Å². The van der Waals surface area contributed by atoms with Crippen molar-refractivity contribution in [2.75, 3.05) is 13.6 Å². The van der Waals surface area contributed by atoms with E-state index >= 15 is 0 Å². The number of rotatable bonds is 1. The van der Waals surface area contributed by atoms with Gasteiger partial charge in [0.15, 0.2) is 6.17 Å². The summed E-state index contributed by atoms with van der Waals surface area (Å²) in [5, 5.41) is 2.42. The van der Waals surface area contributed by atoms with Gasteiger partial charge in [0.2, 0.25) is 5.91 Å². The molecule has 1 aliphatic heterocycles. The summed E-state index contributed by atoms with van der Waals surface area (Å²) in [6.45, 7) is 0.244. The Morgan fingerprint density at radius 3 is 2.70 bits per heavy atom. The lowest BCUT2D eigenvalue weighted by molar-refractivity contribution is -0.124. The molecule has 0 aliphatic carbocycles. The van der Waals surface area contributed by atoms with Gasteiger partial charge in [-0.15, -0.1) is 0 Å². The zero-order valence-electron chi connectivity index (χ0n) is 5.63. The van der Waals surface area contributed by atoms with Crippen LogP contribution in [0.2, 0.25) is 0 Å². The fourth-order valence-electron chi connectivity index (χ4n) is 0.914. The van der Waals surface area contributed by atoms with Crippen LogP contribution in [0.1, 0.15) is 0 Å². The molecule has 0 aromatic carbocycles. The maximum absolute atomic E-state index is 10.6. The first-order chi connectivity index (χ1) is 4.61. The van der Waals surface area contributed by atoms with E-state index < -0.39 is 12.1 Å². The molecule has 0 spiro atoms.